The zero-order valence-electron chi connectivity index (χ0n) is 10.3. The molecule has 0 radical (unpaired) electrons. The SMILES string of the molecule is CNC(=O)[C@@H]1CCCN1C(=O)NCc1ccco1. The highest BCUT2D eigenvalue weighted by Crippen LogP contribution is 2.17. The number of amides is 3. The van der Waals surface area contributed by atoms with E-state index >= 15 is 0 Å². The molecule has 3 amide bonds. The van der Waals surface area contributed by atoms with E-state index in [1.54, 1.807) is 30.3 Å². The maximum atomic E-state index is 12.0. The maximum Gasteiger partial charge on any atom is 0.318 e. The van der Waals surface area contributed by atoms with Gasteiger partial charge < -0.3 is 20.0 Å². The third kappa shape index (κ3) is 2.64. The van der Waals surface area contributed by atoms with Crippen LogP contribution in [-0.2, 0) is 11.3 Å². The van der Waals surface area contributed by atoms with E-state index in [0.717, 1.165) is 6.42 Å². The van der Waals surface area contributed by atoms with Crippen LogP contribution >= 0.6 is 0 Å². The molecule has 2 N–H and O–H groups in total. The summed E-state index contributed by atoms with van der Waals surface area (Å²) in [5, 5.41) is 5.33. The lowest BCUT2D eigenvalue weighted by atomic mass is 10.2. The Morgan fingerprint density at radius 1 is 1.56 bits per heavy atom. The van der Waals surface area contributed by atoms with Crippen LogP contribution in [0.15, 0.2) is 22.8 Å². The Bertz CT molecular complexity index is 416. The van der Waals surface area contributed by atoms with Crippen LogP contribution in [0.4, 0.5) is 4.79 Å². The van der Waals surface area contributed by atoms with Gasteiger partial charge in [-0.25, -0.2) is 4.79 Å². The third-order valence-corrected chi connectivity index (χ3v) is 3.06. The summed E-state index contributed by atoms with van der Waals surface area (Å²) in [5.41, 5.74) is 0. The second kappa shape index (κ2) is 5.57. The largest absolute Gasteiger partial charge is 0.467 e. The van der Waals surface area contributed by atoms with Gasteiger partial charge in [0.15, 0.2) is 0 Å². The molecule has 1 atom stereocenters. The van der Waals surface area contributed by atoms with E-state index in [-0.39, 0.29) is 18.0 Å². The van der Waals surface area contributed by atoms with Crippen LogP contribution < -0.4 is 10.6 Å². The molecule has 1 saturated heterocycles. The van der Waals surface area contributed by atoms with Gasteiger partial charge in [-0.05, 0) is 25.0 Å². The lowest BCUT2D eigenvalue weighted by Crippen LogP contribution is -2.48. The first-order chi connectivity index (χ1) is 8.72. The topological polar surface area (TPSA) is 74.6 Å². The number of likely N-dealkylation sites (tertiary alicyclic amines) is 1. The van der Waals surface area contributed by atoms with Crippen molar-refractivity contribution in [1.29, 1.82) is 0 Å². The number of carbonyl (C=O) groups excluding carboxylic acids is 2. The predicted molar refractivity (Wildman–Crippen MR) is 64.7 cm³/mol. The fraction of sp³-hybridized carbons (Fsp3) is 0.500. The Morgan fingerprint density at radius 2 is 2.39 bits per heavy atom. The number of hydrogen-bond acceptors (Lipinski definition) is 3. The van der Waals surface area contributed by atoms with Gasteiger partial charge in [0, 0.05) is 13.6 Å². The molecule has 1 aliphatic heterocycles. The van der Waals surface area contributed by atoms with Crippen LogP contribution in [0.2, 0.25) is 0 Å². The molecule has 6 heteroatoms. The fourth-order valence-electron chi connectivity index (χ4n) is 2.13. The van der Waals surface area contributed by atoms with Crippen LogP contribution in [0.1, 0.15) is 18.6 Å². The number of nitrogens with zero attached hydrogens (tertiary/aromatic N) is 1. The standard InChI is InChI=1S/C12H17N3O3/c1-13-11(16)10-5-2-6-15(10)12(17)14-8-9-4-3-7-18-9/h3-4,7,10H,2,5-6,8H2,1H3,(H,13,16)(H,14,17)/t10-/m0/s1. The molecule has 0 bridgehead atoms. The van der Waals surface area contributed by atoms with E-state index in [2.05, 4.69) is 10.6 Å². The second-order valence-electron chi connectivity index (χ2n) is 4.20. The van der Waals surface area contributed by atoms with Gasteiger partial charge in [0.05, 0.1) is 12.8 Å². The zero-order chi connectivity index (χ0) is 13.0. The van der Waals surface area contributed by atoms with Crippen molar-refractivity contribution in [3.8, 4) is 0 Å². The smallest absolute Gasteiger partial charge is 0.318 e. The molecule has 2 rings (SSSR count). The molecule has 0 saturated carbocycles. The van der Waals surface area contributed by atoms with Crippen molar-refractivity contribution < 1.29 is 14.0 Å². The summed E-state index contributed by atoms with van der Waals surface area (Å²) in [6.07, 6.45) is 3.13. The van der Waals surface area contributed by atoms with E-state index in [1.165, 1.54) is 0 Å². The summed E-state index contributed by atoms with van der Waals surface area (Å²) in [7, 11) is 1.58. The van der Waals surface area contributed by atoms with Gasteiger partial charge in [0.1, 0.15) is 11.8 Å². The Kier molecular flexibility index (Phi) is 3.86. The maximum absolute atomic E-state index is 12.0. The van der Waals surface area contributed by atoms with E-state index in [0.29, 0.717) is 25.3 Å². The Labute approximate surface area is 105 Å². The lowest BCUT2D eigenvalue weighted by Gasteiger charge is -2.23. The van der Waals surface area contributed by atoms with Crippen LogP contribution in [-0.4, -0.2) is 36.5 Å². The molecule has 0 aromatic carbocycles. The van der Waals surface area contributed by atoms with Gasteiger partial charge in [-0.15, -0.1) is 0 Å². The van der Waals surface area contributed by atoms with E-state index < -0.39 is 0 Å². The lowest BCUT2D eigenvalue weighted by molar-refractivity contribution is -0.124. The minimum atomic E-state index is -0.355. The van der Waals surface area contributed by atoms with Crippen molar-refractivity contribution in [3.05, 3.63) is 24.2 Å². The molecule has 6 nitrogen and oxygen atoms in total. The predicted octanol–water partition coefficient (Wildman–Crippen LogP) is 0.700. The average Bonchev–Trinajstić information content (AvgIpc) is 3.05. The molecule has 1 aromatic heterocycles. The highest BCUT2D eigenvalue weighted by Gasteiger charge is 2.33. The molecule has 18 heavy (non-hydrogen) atoms. The summed E-state index contributed by atoms with van der Waals surface area (Å²) in [6, 6.07) is 2.98. The molecule has 1 fully saturated rings. The Balaban J connectivity index is 1.89. The first kappa shape index (κ1) is 12.5. The molecule has 1 aromatic rings. The van der Waals surface area contributed by atoms with Gasteiger partial charge in [0.25, 0.3) is 0 Å². The van der Waals surface area contributed by atoms with E-state index in [9.17, 15) is 9.59 Å². The summed E-state index contributed by atoms with van der Waals surface area (Å²) >= 11 is 0. The zero-order valence-corrected chi connectivity index (χ0v) is 10.3. The molecule has 1 aliphatic rings. The van der Waals surface area contributed by atoms with Gasteiger partial charge in [-0.1, -0.05) is 0 Å². The number of likely N-dealkylation sites (N-methyl/N-ethyl adjacent to an activating group) is 1. The normalized spacial score (nSPS) is 18.7. The number of hydrogen-bond donors (Lipinski definition) is 2. The van der Waals surface area contributed by atoms with E-state index in [4.69, 9.17) is 4.42 Å². The van der Waals surface area contributed by atoms with Crippen molar-refractivity contribution >= 4 is 11.9 Å². The highest BCUT2D eigenvalue weighted by molar-refractivity contribution is 5.87. The van der Waals surface area contributed by atoms with Crippen molar-refractivity contribution in [2.45, 2.75) is 25.4 Å². The van der Waals surface area contributed by atoms with Crippen LogP contribution in [0, 0.1) is 0 Å². The molecule has 98 valence electrons. The van der Waals surface area contributed by atoms with Crippen molar-refractivity contribution in [3.63, 3.8) is 0 Å². The quantitative estimate of drug-likeness (QED) is 0.830. The third-order valence-electron chi connectivity index (χ3n) is 3.06. The van der Waals surface area contributed by atoms with Crippen molar-refractivity contribution in [2.75, 3.05) is 13.6 Å². The van der Waals surface area contributed by atoms with Crippen molar-refractivity contribution in [1.82, 2.24) is 15.5 Å². The van der Waals surface area contributed by atoms with Crippen LogP contribution in [0.25, 0.3) is 0 Å². The molecule has 0 aliphatic carbocycles. The summed E-state index contributed by atoms with van der Waals surface area (Å²) < 4.78 is 5.13. The fourth-order valence-corrected chi connectivity index (χ4v) is 2.13. The molecule has 0 unspecified atom stereocenters. The monoisotopic (exact) mass is 251 g/mol. The summed E-state index contributed by atoms with van der Waals surface area (Å²) in [6.45, 7) is 0.949. The van der Waals surface area contributed by atoms with Crippen LogP contribution in [0.5, 0.6) is 0 Å². The Morgan fingerprint density at radius 3 is 3.06 bits per heavy atom. The number of urea groups is 1. The van der Waals surface area contributed by atoms with Crippen LogP contribution in [0.3, 0.4) is 0 Å². The average molecular weight is 251 g/mol. The number of carbonyl (C=O) groups is 2. The molecule has 0 spiro atoms. The van der Waals surface area contributed by atoms with Gasteiger partial charge in [-0.2, -0.15) is 0 Å². The van der Waals surface area contributed by atoms with Crippen molar-refractivity contribution in [2.24, 2.45) is 0 Å². The number of rotatable bonds is 3. The molecular weight excluding hydrogens is 234 g/mol. The van der Waals surface area contributed by atoms with Gasteiger partial charge in [-0.3, -0.25) is 4.79 Å². The highest BCUT2D eigenvalue weighted by atomic mass is 16.3. The summed E-state index contributed by atoms with van der Waals surface area (Å²) in [4.78, 5) is 25.1. The molecular formula is C12H17N3O3. The summed E-state index contributed by atoms with van der Waals surface area (Å²) in [5.74, 6) is 0.583. The number of nitrogens with one attached hydrogen (secondary N) is 2. The molecule has 2 heterocycles. The first-order valence-corrected chi connectivity index (χ1v) is 6.01. The second-order valence-corrected chi connectivity index (χ2v) is 4.20. The van der Waals surface area contributed by atoms with E-state index in [1.807, 2.05) is 0 Å². The minimum Gasteiger partial charge on any atom is -0.467 e. The van der Waals surface area contributed by atoms with Gasteiger partial charge >= 0.3 is 6.03 Å². The van der Waals surface area contributed by atoms with Gasteiger partial charge in [0.2, 0.25) is 5.91 Å². The minimum absolute atomic E-state index is 0.111. The first-order valence-electron chi connectivity index (χ1n) is 6.01. The number of furan rings is 1. The Hall–Kier alpha value is -1.98.